The third-order valence-electron chi connectivity index (χ3n) is 4.80. The molecule has 0 saturated carbocycles. The number of imidazole rings is 1. The summed E-state index contributed by atoms with van der Waals surface area (Å²) in [5.74, 6) is 1.95. The quantitative estimate of drug-likeness (QED) is 0.360. The van der Waals surface area contributed by atoms with E-state index in [1.165, 1.54) is 0 Å². The highest BCUT2D eigenvalue weighted by Gasteiger charge is 2.05. The number of H-pyrrole nitrogens is 1. The van der Waals surface area contributed by atoms with E-state index in [9.17, 15) is 0 Å². The molecule has 3 aromatic carbocycles. The molecule has 4 aromatic rings. The van der Waals surface area contributed by atoms with E-state index < -0.39 is 0 Å². The fourth-order valence-electron chi connectivity index (χ4n) is 3.26. The number of rotatable bonds is 9. The Morgan fingerprint density at radius 1 is 0.931 bits per heavy atom. The average molecular weight is 406 g/mol. The molecule has 148 valence electrons. The van der Waals surface area contributed by atoms with Gasteiger partial charge in [-0.15, -0.1) is 0 Å². The normalized spacial score (nSPS) is 11.1. The molecule has 4 nitrogen and oxygen atoms in total. The minimum atomic E-state index is 0.528. The van der Waals surface area contributed by atoms with E-state index in [1.807, 2.05) is 60.7 Å². The number of aryl methyl sites for hydroxylation is 1. The first-order valence-electron chi connectivity index (χ1n) is 9.87. The highest BCUT2D eigenvalue weighted by Crippen LogP contribution is 2.20. The number of halogens is 1. The van der Waals surface area contributed by atoms with Crippen molar-refractivity contribution >= 4 is 22.6 Å². The minimum Gasteiger partial charge on any atom is -0.489 e. The molecule has 4 rings (SSSR count). The minimum absolute atomic E-state index is 0.528. The summed E-state index contributed by atoms with van der Waals surface area (Å²) < 4.78 is 6.03. The molecule has 0 aliphatic rings. The smallest absolute Gasteiger partial charge is 0.124 e. The summed E-state index contributed by atoms with van der Waals surface area (Å²) in [6.45, 7) is 2.22. The molecule has 1 heterocycles. The lowest BCUT2D eigenvalue weighted by Gasteiger charge is -2.12. The summed E-state index contributed by atoms with van der Waals surface area (Å²) in [6.07, 6.45) is 1.95. The highest BCUT2D eigenvalue weighted by molar-refractivity contribution is 6.30. The number of hydrogen-bond donors (Lipinski definition) is 2. The van der Waals surface area contributed by atoms with Crippen LogP contribution in [0.3, 0.4) is 0 Å². The lowest BCUT2D eigenvalue weighted by Crippen LogP contribution is -2.16. The molecule has 1 aromatic heterocycles. The lowest BCUT2D eigenvalue weighted by atomic mass is 10.2. The molecule has 0 aliphatic carbocycles. The first-order valence-corrected chi connectivity index (χ1v) is 10.3. The Bertz CT molecular complexity index is 1030. The van der Waals surface area contributed by atoms with Gasteiger partial charge >= 0.3 is 0 Å². The SMILES string of the molecule is Clc1ccc(COc2ccccc2CNCCCc2nc3ccccc3[nH]2)cc1. The summed E-state index contributed by atoms with van der Waals surface area (Å²) in [7, 11) is 0. The maximum absolute atomic E-state index is 6.03. The second-order valence-electron chi connectivity index (χ2n) is 7.00. The van der Waals surface area contributed by atoms with Crippen molar-refractivity contribution in [3.63, 3.8) is 0 Å². The average Bonchev–Trinajstić information content (AvgIpc) is 3.17. The van der Waals surface area contributed by atoms with Crippen molar-refractivity contribution in [3.05, 3.63) is 94.8 Å². The second kappa shape index (κ2) is 9.59. The third-order valence-corrected chi connectivity index (χ3v) is 5.05. The van der Waals surface area contributed by atoms with Gasteiger partial charge in [0.2, 0.25) is 0 Å². The Morgan fingerprint density at radius 2 is 1.72 bits per heavy atom. The van der Waals surface area contributed by atoms with Gasteiger partial charge in [0.25, 0.3) is 0 Å². The molecule has 2 N–H and O–H groups in total. The molecule has 0 saturated heterocycles. The van der Waals surface area contributed by atoms with Crippen LogP contribution in [0.25, 0.3) is 11.0 Å². The zero-order chi connectivity index (χ0) is 19.9. The lowest BCUT2D eigenvalue weighted by molar-refractivity contribution is 0.302. The molecule has 5 heteroatoms. The van der Waals surface area contributed by atoms with Gasteiger partial charge in [0.05, 0.1) is 11.0 Å². The number of benzene rings is 3. The Hall–Kier alpha value is -2.82. The highest BCUT2D eigenvalue weighted by atomic mass is 35.5. The van der Waals surface area contributed by atoms with Crippen molar-refractivity contribution in [2.45, 2.75) is 26.0 Å². The van der Waals surface area contributed by atoms with Crippen molar-refractivity contribution in [1.29, 1.82) is 0 Å². The maximum atomic E-state index is 6.03. The molecule has 0 unspecified atom stereocenters. The fourth-order valence-corrected chi connectivity index (χ4v) is 3.39. The van der Waals surface area contributed by atoms with Crippen LogP contribution in [0.1, 0.15) is 23.4 Å². The number of para-hydroxylation sites is 3. The number of ether oxygens (including phenoxy) is 1. The van der Waals surface area contributed by atoms with Crippen molar-refractivity contribution in [2.24, 2.45) is 0 Å². The standard InChI is InChI=1S/C24H24ClN3O/c25-20-13-11-18(12-14-20)17-29-23-9-4-1-6-19(23)16-26-15-5-10-24-27-21-7-2-3-8-22(21)28-24/h1-4,6-9,11-14,26H,5,10,15-17H2,(H,27,28). The number of nitrogens with zero attached hydrogens (tertiary/aromatic N) is 1. The van der Waals surface area contributed by atoms with E-state index in [0.717, 1.165) is 64.7 Å². The third kappa shape index (κ3) is 5.37. The van der Waals surface area contributed by atoms with Gasteiger partial charge in [-0.25, -0.2) is 4.98 Å². The van der Waals surface area contributed by atoms with Gasteiger partial charge in [-0.05, 0) is 48.9 Å². The molecule has 0 spiro atoms. The van der Waals surface area contributed by atoms with Crippen LogP contribution in [0.2, 0.25) is 5.02 Å². The molecule has 0 fully saturated rings. The van der Waals surface area contributed by atoms with Crippen LogP contribution >= 0.6 is 11.6 Å². The number of aromatic nitrogens is 2. The van der Waals surface area contributed by atoms with Gasteiger partial charge in [-0.3, -0.25) is 0 Å². The number of aromatic amines is 1. The Kier molecular flexibility index (Phi) is 6.45. The summed E-state index contributed by atoms with van der Waals surface area (Å²) in [5, 5.41) is 4.25. The topological polar surface area (TPSA) is 49.9 Å². The van der Waals surface area contributed by atoms with E-state index in [0.29, 0.717) is 6.61 Å². The van der Waals surface area contributed by atoms with Gasteiger partial charge in [-0.2, -0.15) is 0 Å². The van der Waals surface area contributed by atoms with Crippen molar-refractivity contribution in [1.82, 2.24) is 15.3 Å². The zero-order valence-electron chi connectivity index (χ0n) is 16.2. The molecular weight excluding hydrogens is 382 g/mol. The summed E-state index contributed by atoms with van der Waals surface area (Å²) in [6, 6.07) is 24.0. The van der Waals surface area contributed by atoms with E-state index in [-0.39, 0.29) is 0 Å². The van der Waals surface area contributed by atoms with Crippen LogP contribution in [-0.2, 0) is 19.6 Å². The Morgan fingerprint density at radius 3 is 2.59 bits per heavy atom. The van der Waals surface area contributed by atoms with E-state index in [2.05, 4.69) is 27.4 Å². The summed E-state index contributed by atoms with van der Waals surface area (Å²) in [4.78, 5) is 8.01. The van der Waals surface area contributed by atoms with E-state index in [4.69, 9.17) is 16.3 Å². The van der Waals surface area contributed by atoms with E-state index in [1.54, 1.807) is 0 Å². The van der Waals surface area contributed by atoms with Gasteiger partial charge in [-0.1, -0.05) is 54.1 Å². The molecule has 0 radical (unpaired) electrons. The molecule has 0 bridgehead atoms. The number of nitrogens with one attached hydrogen (secondary N) is 2. The van der Waals surface area contributed by atoms with Gasteiger partial charge in [0.15, 0.2) is 0 Å². The summed E-state index contributed by atoms with van der Waals surface area (Å²) in [5.41, 5.74) is 4.39. The molecule has 0 atom stereocenters. The van der Waals surface area contributed by atoms with Crippen LogP contribution < -0.4 is 10.1 Å². The molecule has 29 heavy (non-hydrogen) atoms. The van der Waals surface area contributed by atoms with Crippen LogP contribution in [0.4, 0.5) is 0 Å². The second-order valence-corrected chi connectivity index (χ2v) is 7.44. The van der Waals surface area contributed by atoms with Crippen molar-refractivity contribution in [3.8, 4) is 5.75 Å². The van der Waals surface area contributed by atoms with Gasteiger partial charge in [0.1, 0.15) is 18.2 Å². The predicted octanol–water partition coefficient (Wildman–Crippen LogP) is 5.52. The summed E-state index contributed by atoms with van der Waals surface area (Å²) >= 11 is 5.94. The van der Waals surface area contributed by atoms with Crippen molar-refractivity contribution in [2.75, 3.05) is 6.54 Å². The largest absolute Gasteiger partial charge is 0.489 e. The molecule has 0 amide bonds. The van der Waals surface area contributed by atoms with Crippen LogP contribution in [0.5, 0.6) is 5.75 Å². The predicted molar refractivity (Wildman–Crippen MR) is 118 cm³/mol. The first-order chi connectivity index (χ1) is 14.3. The fraction of sp³-hybridized carbons (Fsp3) is 0.208. The van der Waals surface area contributed by atoms with E-state index >= 15 is 0 Å². The zero-order valence-corrected chi connectivity index (χ0v) is 17.0. The number of fused-ring (bicyclic) bond motifs is 1. The van der Waals surface area contributed by atoms with Crippen molar-refractivity contribution < 1.29 is 4.74 Å². The number of hydrogen-bond acceptors (Lipinski definition) is 3. The first kappa shape index (κ1) is 19.5. The van der Waals surface area contributed by atoms with Crippen LogP contribution in [0, 0.1) is 0 Å². The van der Waals surface area contributed by atoms with Crippen LogP contribution in [-0.4, -0.2) is 16.5 Å². The monoisotopic (exact) mass is 405 g/mol. The Balaban J connectivity index is 1.24. The van der Waals surface area contributed by atoms with Gasteiger partial charge < -0.3 is 15.0 Å². The van der Waals surface area contributed by atoms with Gasteiger partial charge in [0, 0.05) is 23.6 Å². The molecule has 0 aliphatic heterocycles. The maximum Gasteiger partial charge on any atom is 0.124 e. The molecular formula is C24H24ClN3O. The van der Waals surface area contributed by atoms with Crippen LogP contribution in [0.15, 0.2) is 72.8 Å². The Labute approximate surface area is 175 Å².